The van der Waals surface area contributed by atoms with E-state index < -0.39 is 6.43 Å². The van der Waals surface area contributed by atoms with Gasteiger partial charge in [0, 0.05) is 17.6 Å². The molecule has 1 aromatic heterocycles. The molecule has 5 heteroatoms. The lowest BCUT2D eigenvalue weighted by molar-refractivity contribution is 0.112. The molecule has 0 aliphatic rings. The van der Waals surface area contributed by atoms with Gasteiger partial charge in [-0.15, -0.1) is 11.6 Å². The quantitative estimate of drug-likeness (QED) is 0.561. The van der Waals surface area contributed by atoms with Gasteiger partial charge in [-0.25, -0.2) is 8.78 Å². The van der Waals surface area contributed by atoms with Crippen molar-refractivity contribution < 1.29 is 13.6 Å². The number of aromatic nitrogens is 1. The molecule has 13 heavy (non-hydrogen) atoms. The van der Waals surface area contributed by atoms with E-state index in [1.165, 1.54) is 0 Å². The number of carbonyl (C=O) groups is 1. The van der Waals surface area contributed by atoms with Crippen LogP contribution in [-0.2, 0) is 5.88 Å². The number of hydrogen-bond donors (Lipinski definition) is 0. The van der Waals surface area contributed by atoms with Gasteiger partial charge in [0.2, 0.25) is 0 Å². The molecule has 1 heterocycles. The molecule has 0 saturated carbocycles. The Kier molecular flexibility index (Phi) is 3.31. The average Bonchev–Trinajstić information content (AvgIpc) is 2.16. The van der Waals surface area contributed by atoms with Gasteiger partial charge in [0.15, 0.2) is 6.29 Å². The van der Waals surface area contributed by atoms with E-state index in [4.69, 9.17) is 11.6 Å². The van der Waals surface area contributed by atoms with Crippen molar-refractivity contribution in [3.05, 3.63) is 29.1 Å². The number of alkyl halides is 3. The molecule has 0 spiro atoms. The number of aldehydes is 1. The fourth-order valence-corrected chi connectivity index (χ4v) is 1.10. The monoisotopic (exact) mass is 205 g/mol. The molecule has 0 radical (unpaired) electrons. The Hall–Kier alpha value is -1.03. The molecule has 2 nitrogen and oxygen atoms in total. The molecule has 1 aromatic rings. The van der Waals surface area contributed by atoms with Crippen LogP contribution in [0, 0.1) is 0 Å². The summed E-state index contributed by atoms with van der Waals surface area (Å²) in [5.41, 5.74) is 0.266. The summed E-state index contributed by atoms with van der Waals surface area (Å²) in [6.07, 6.45) is -0.991. The highest BCUT2D eigenvalue weighted by Gasteiger charge is 2.11. The van der Waals surface area contributed by atoms with Crippen LogP contribution in [0.15, 0.2) is 12.3 Å². The minimum atomic E-state index is -2.64. The predicted octanol–water partition coefficient (Wildman–Crippen LogP) is 2.57. The first-order valence-corrected chi connectivity index (χ1v) is 4.00. The number of carbonyl (C=O) groups excluding carboxylic acids is 1. The molecule has 0 unspecified atom stereocenters. The van der Waals surface area contributed by atoms with Crippen molar-refractivity contribution in [2.45, 2.75) is 12.3 Å². The Labute approximate surface area is 78.5 Å². The lowest BCUT2D eigenvalue weighted by Crippen LogP contribution is -1.97. The van der Waals surface area contributed by atoms with Gasteiger partial charge in [-0.3, -0.25) is 9.78 Å². The van der Waals surface area contributed by atoms with Crippen LogP contribution in [0.4, 0.5) is 8.78 Å². The van der Waals surface area contributed by atoms with Crippen molar-refractivity contribution in [2.24, 2.45) is 0 Å². The van der Waals surface area contributed by atoms with Gasteiger partial charge in [-0.05, 0) is 11.6 Å². The molecule has 0 N–H and O–H groups in total. The summed E-state index contributed by atoms with van der Waals surface area (Å²) in [7, 11) is 0. The van der Waals surface area contributed by atoms with Crippen LogP contribution < -0.4 is 0 Å². The van der Waals surface area contributed by atoms with Gasteiger partial charge in [0.05, 0.1) is 0 Å². The van der Waals surface area contributed by atoms with Crippen molar-refractivity contribution >= 4 is 17.9 Å². The Morgan fingerprint density at radius 1 is 1.62 bits per heavy atom. The largest absolute Gasteiger partial charge is 0.298 e. The SMILES string of the molecule is O=Cc1cnc(C(F)F)cc1CCl. The number of pyridine rings is 1. The Bertz CT molecular complexity index is 317. The molecule has 0 atom stereocenters. The Morgan fingerprint density at radius 3 is 2.77 bits per heavy atom. The fourth-order valence-electron chi connectivity index (χ4n) is 0.867. The first kappa shape index (κ1) is 10.1. The highest BCUT2D eigenvalue weighted by molar-refractivity contribution is 6.17. The zero-order valence-electron chi connectivity index (χ0n) is 6.51. The topological polar surface area (TPSA) is 30.0 Å². The second kappa shape index (κ2) is 4.28. The third-order valence-corrected chi connectivity index (χ3v) is 1.83. The minimum Gasteiger partial charge on any atom is -0.298 e. The summed E-state index contributed by atoms with van der Waals surface area (Å²) in [5.74, 6) is 0.0241. The van der Waals surface area contributed by atoms with E-state index in [2.05, 4.69) is 4.98 Å². The summed E-state index contributed by atoms with van der Waals surface area (Å²) in [4.78, 5) is 13.8. The molecular formula is C8H6ClF2NO. The molecular weight excluding hydrogens is 200 g/mol. The third-order valence-electron chi connectivity index (χ3n) is 1.54. The highest BCUT2D eigenvalue weighted by atomic mass is 35.5. The van der Waals surface area contributed by atoms with Crippen LogP contribution in [0.2, 0.25) is 0 Å². The molecule has 0 aliphatic heterocycles. The van der Waals surface area contributed by atoms with Crippen LogP contribution in [0.1, 0.15) is 28.0 Å². The maximum Gasteiger partial charge on any atom is 0.280 e. The number of hydrogen-bond acceptors (Lipinski definition) is 2. The van der Waals surface area contributed by atoms with E-state index in [0.29, 0.717) is 11.8 Å². The predicted molar refractivity (Wildman–Crippen MR) is 44.1 cm³/mol. The number of nitrogens with zero attached hydrogens (tertiary/aromatic N) is 1. The molecule has 0 aliphatic carbocycles. The number of rotatable bonds is 3. The zero-order chi connectivity index (χ0) is 9.84. The first-order chi connectivity index (χ1) is 6.19. The number of halogens is 3. The smallest absolute Gasteiger partial charge is 0.280 e. The van der Waals surface area contributed by atoms with Crippen molar-refractivity contribution in [3.8, 4) is 0 Å². The molecule has 0 fully saturated rings. The highest BCUT2D eigenvalue weighted by Crippen LogP contribution is 2.19. The van der Waals surface area contributed by atoms with Gasteiger partial charge in [0.25, 0.3) is 6.43 Å². The summed E-state index contributed by atoms with van der Waals surface area (Å²) >= 11 is 5.46. The molecule has 1 rings (SSSR count). The Balaban J connectivity index is 3.12. The maximum atomic E-state index is 12.1. The summed E-state index contributed by atoms with van der Waals surface area (Å²) in [6.45, 7) is 0. The lowest BCUT2D eigenvalue weighted by Gasteiger charge is -2.03. The van der Waals surface area contributed by atoms with Crippen molar-refractivity contribution in [1.29, 1.82) is 0 Å². The molecule has 0 aromatic carbocycles. The second-order valence-electron chi connectivity index (χ2n) is 2.36. The average molecular weight is 206 g/mol. The van der Waals surface area contributed by atoms with Crippen LogP contribution in [0.3, 0.4) is 0 Å². The standard InChI is InChI=1S/C8H6ClF2NO/c9-2-5-1-7(8(10)11)12-3-6(5)4-13/h1,3-4,8H,2H2. The summed E-state index contributed by atoms with van der Waals surface area (Å²) in [5, 5.41) is 0. The first-order valence-electron chi connectivity index (χ1n) is 3.47. The van der Waals surface area contributed by atoms with Gasteiger partial charge in [0.1, 0.15) is 5.69 Å². The van der Waals surface area contributed by atoms with E-state index in [1.807, 2.05) is 0 Å². The van der Waals surface area contributed by atoms with Gasteiger partial charge in [-0.1, -0.05) is 0 Å². The summed E-state index contributed by atoms with van der Waals surface area (Å²) < 4.78 is 24.3. The minimum absolute atomic E-state index is 0.0241. The van der Waals surface area contributed by atoms with Gasteiger partial charge >= 0.3 is 0 Å². The molecule has 70 valence electrons. The van der Waals surface area contributed by atoms with E-state index in [-0.39, 0.29) is 17.1 Å². The van der Waals surface area contributed by atoms with Crippen molar-refractivity contribution in [3.63, 3.8) is 0 Å². The van der Waals surface area contributed by atoms with E-state index in [0.717, 1.165) is 12.3 Å². The Morgan fingerprint density at radius 2 is 2.31 bits per heavy atom. The van der Waals surface area contributed by atoms with Crippen LogP contribution in [0.25, 0.3) is 0 Å². The zero-order valence-corrected chi connectivity index (χ0v) is 7.26. The second-order valence-corrected chi connectivity index (χ2v) is 2.63. The third kappa shape index (κ3) is 2.21. The van der Waals surface area contributed by atoms with E-state index >= 15 is 0 Å². The van der Waals surface area contributed by atoms with Crippen molar-refractivity contribution in [1.82, 2.24) is 4.98 Å². The molecule has 0 saturated heterocycles. The van der Waals surface area contributed by atoms with Crippen LogP contribution in [0.5, 0.6) is 0 Å². The van der Waals surface area contributed by atoms with E-state index in [9.17, 15) is 13.6 Å². The van der Waals surface area contributed by atoms with Crippen LogP contribution >= 0.6 is 11.6 Å². The molecule has 0 bridgehead atoms. The van der Waals surface area contributed by atoms with E-state index in [1.54, 1.807) is 0 Å². The maximum absolute atomic E-state index is 12.1. The van der Waals surface area contributed by atoms with Crippen LogP contribution in [-0.4, -0.2) is 11.3 Å². The lowest BCUT2D eigenvalue weighted by atomic mass is 10.1. The van der Waals surface area contributed by atoms with Gasteiger partial charge < -0.3 is 0 Å². The fraction of sp³-hybridized carbons (Fsp3) is 0.250. The van der Waals surface area contributed by atoms with Gasteiger partial charge in [-0.2, -0.15) is 0 Å². The summed E-state index contributed by atoms with van der Waals surface area (Å²) in [6, 6.07) is 1.14. The normalized spacial score (nSPS) is 10.5. The molecule has 0 amide bonds. The van der Waals surface area contributed by atoms with Crippen molar-refractivity contribution in [2.75, 3.05) is 0 Å².